The number of ether oxygens (including phenoxy) is 3. The Kier molecular flexibility index (Phi) is 6.88. The van der Waals surface area contributed by atoms with Gasteiger partial charge in [0, 0.05) is 29.5 Å². The van der Waals surface area contributed by atoms with Gasteiger partial charge >= 0.3 is 12.1 Å². The molecule has 9 heteroatoms. The average Bonchev–Trinajstić information content (AvgIpc) is 3.16. The smallest absolute Gasteiger partial charge is 0.411 e. The van der Waals surface area contributed by atoms with E-state index in [4.69, 9.17) is 19.2 Å². The largest absolute Gasteiger partial charge is 0.495 e. The second-order valence-corrected chi connectivity index (χ2v) is 10.8. The van der Waals surface area contributed by atoms with Gasteiger partial charge in [-0.25, -0.2) is 14.6 Å². The number of aliphatic carboxylic acids is 1. The molecule has 1 amide bonds. The topological polar surface area (TPSA) is 98.2 Å². The monoisotopic (exact) mass is 556 g/mol. The molecule has 36 heavy (non-hydrogen) atoms. The highest BCUT2D eigenvalue weighted by atomic mass is 79.9. The minimum absolute atomic E-state index is 0.0690. The lowest BCUT2D eigenvalue weighted by Crippen LogP contribution is -2.52. The van der Waals surface area contributed by atoms with Crippen LogP contribution in [0.3, 0.4) is 0 Å². The van der Waals surface area contributed by atoms with Gasteiger partial charge in [-0.3, -0.25) is 4.90 Å². The highest BCUT2D eigenvalue weighted by Gasteiger charge is 2.52. The fraction of sp³-hybridized carbons (Fsp3) is 0.370. The zero-order valence-corrected chi connectivity index (χ0v) is 22.5. The Morgan fingerprint density at radius 2 is 1.83 bits per heavy atom. The molecule has 3 aromatic rings. The van der Waals surface area contributed by atoms with Crippen molar-refractivity contribution in [1.82, 2.24) is 9.88 Å². The fourth-order valence-corrected chi connectivity index (χ4v) is 4.79. The molecular weight excluding hydrogens is 528 g/mol. The van der Waals surface area contributed by atoms with Crippen molar-refractivity contribution >= 4 is 38.9 Å². The molecular formula is C27H29BrN2O6. The Morgan fingerprint density at radius 3 is 2.44 bits per heavy atom. The van der Waals surface area contributed by atoms with Crippen LogP contribution >= 0.6 is 15.9 Å². The number of hydrogen-bond donors (Lipinski definition) is 1. The van der Waals surface area contributed by atoms with Crippen molar-refractivity contribution < 1.29 is 28.9 Å². The fourth-order valence-electron chi connectivity index (χ4n) is 4.28. The number of fused-ring (bicyclic) bond motifs is 1. The standard InChI is InChI=1S/C27H29BrN2O6/c1-26(2,3)36-25(33)30-15-17(14-27(30,4)24(31)32)35-22-12-20(16-9-7-6-8-10-16)29-21-13-23(34-5)19(28)11-18(21)22/h6-13,17H,14-15H2,1-5H3,(H,31,32)/t17-,27+/m1/s1. The zero-order chi connectivity index (χ0) is 26.3. The molecule has 0 unspecified atom stereocenters. The van der Waals surface area contributed by atoms with E-state index in [0.717, 1.165) is 15.4 Å². The van der Waals surface area contributed by atoms with E-state index in [9.17, 15) is 14.7 Å². The number of carbonyl (C=O) groups excluding carboxylic acids is 1. The summed E-state index contributed by atoms with van der Waals surface area (Å²) in [5.41, 5.74) is 0.0392. The van der Waals surface area contributed by atoms with Crippen LogP contribution in [0.5, 0.6) is 11.5 Å². The number of pyridine rings is 1. The first-order valence-electron chi connectivity index (χ1n) is 11.6. The van der Waals surface area contributed by atoms with Gasteiger partial charge in [0.2, 0.25) is 0 Å². The molecule has 8 nitrogen and oxygen atoms in total. The van der Waals surface area contributed by atoms with Crippen LogP contribution in [0.1, 0.15) is 34.1 Å². The first-order valence-corrected chi connectivity index (χ1v) is 12.3. The lowest BCUT2D eigenvalue weighted by atomic mass is 9.98. The molecule has 0 bridgehead atoms. The van der Waals surface area contributed by atoms with Gasteiger partial charge < -0.3 is 19.3 Å². The van der Waals surface area contributed by atoms with Crippen LogP contribution < -0.4 is 9.47 Å². The number of halogens is 1. The lowest BCUT2D eigenvalue weighted by molar-refractivity contribution is -0.148. The Labute approximate surface area is 218 Å². The van der Waals surface area contributed by atoms with E-state index >= 15 is 0 Å². The van der Waals surface area contributed by atoms with Crippen molar-refractivity contribution in [2.75, 3.05) is 13.7 Å². The maximum Gasteiger partial charge on any atom is 0.411 e. The maximum absolute atomic E-state index is 12.9. The number of carboxylic acids is 1. The maximum atomic E-state index is 12.9. The number of amides is 1. The molecule has 190 valence electrons. The quantitative estimate of drug-likeness (QED) is 0.417. The number of hydrogen-bond acceptors (Lipinski definition) is 6. The first-order chi connectivity index (χ1) is 16.9. The van der Waals surface area contributed by atoms with Gasteiger partial charge in [0.05, 0.1) is 29.3 Å². The molecule has 0 saturated carbocycles. The molecule has 0 spiro atoms. The highest BCUT2D eigenvalue weighted by molar-refractivity contribution is 9.10. The molecule has 0 aliphatic carbocycles. The molecule has 1 saturated heterocycles. The van der Waals surface area contributed by atoms with Gasteiger partial charge in [-0.1, -0.05) is 30.3 Å². The van der Waals surface area contributed by atoms with Crippen LogP contribution in [0.15, 0.2) is 53.0 Å². The van der Waals surface area contributed by atoms with Crippen LogP contribution in [-0.4, -0.2) is 58.0 Å². The summed E-state index contributed by atoms with van der Waals surface area (Å²) in [6, 6.07) is 15.2. The van der Waals surface area contributed by atoms with E-state index < -0.39 is 29.3 Å². The summed E-state index contributed by atoms with van der Waals surface area (Å²) < 4.78 is 18.1. The second kappa shape index (κ2) is 9.61. The third-order valence-electron chi connectivity index (χ3n) is 6.09. The van der Waals surface area contributed by atoms with Crippen LogP contribution in [0.4, 0.5) is 4.79 Å². The first kappa shape index (κ1) is 25.8. The number of benzene rings is 2. The predicted octanol–water partition coefficient (Wildman–Crippen LogP) is 5.90. The number of likely N-dealkylation sites (tertiary alicyclic amines) is 1. The van der Waals surface area contributed by atoms with E-state index in [0.29, 0.717) is 22.7 Å². The van der Waals surface area contributed by atoms with Gasteiger partial charge in [0.15, 0.2) is 0 Å². The van der Waals surface area contributed by atoms with Crippen LogP contribution in [0.2, 0.25) is 0 Å². The van der Waals surface area contributed by atoms with Crippen LogP contribution in [-0.2, 0) is 9.53 Å². The summed E-state index contributed by atoms with van der Waals surface area (Å²) in [7, 11) is 1.58. The van der Waals surface area contributed by atoms with Crippen molar-refractivity contribution in [2.45, 2.75) is 51.4 Å². The normalized spacial score (nSPS) is 19.8. The third kappa shape index (κ3) is 5.11. The molecule has 0 radical (unpaired) electrons. The van der Waals surface area contributed by atoms with Crippen LogP contribution in [0, 0.1) is 0 Å². The molecule has 1 aliphatic rings. The number of aromatic nitrogens is 1. The van der Waals surface area contributed by atoms with Crippen molar-refractivity contribution in [3.05, 3.63) is 53.0 Å². The summed E-state index contributed by atoms with van der Waals surface area (Å²) in [5.74, 6) is 0.0454. The Bertz CT molecular complexity index is 1310. The summed E-state index contributed by atoms with van der Waals surface area (Å²) in [6.07, 6.45) is -1.16. The van der Waals surface area contributed by atoms with Gasteiger partial charge in [-0.15, -0.1) is 0 Å². The summed E-state index contributed by atoms with van der Waals surface area (Å²) >= 11 is 3.53. The predicted molar refractivity (Wildman–Crippen MR) is 139 cm³/mol. The van der Waals surface area contributed by atoms with Crippen molar-refractivity contribution in [3.63, 3.8) is 0 Å². The minimum Gasteiger partial charge on any atom is -0.495 e. The van der Waals surface area contributed by atoms with Gasteiger partial charge in [-0.2, -0.15) is 0 Å². The van der Waals surface area contributed by atoms with E-state index in [1.165, 1.54) is 11.8 Å². The molecule has 4 rings (SSSR count). The van der Waals surface area contributed by atoms with Gasteiger partial charge in [0.1, 0.15) is 28.7 Å². The van der Waals surface area contributed by atoms with Crippen LogP contribution in [0.25, 0.3) is 22.2 Å². The van der Waals surface area contributed by atoms with E-state index in [1.807, 2.05) is 48.5 Å². The summed E-state index contributed by atoms with van der Waals surface area (Å²) in [5, 5.41) is 10.7. The molecule has 1 aromatic heterocycles. The lowest BCUT2D eigenvalue weighted by Gasteiger charge is -2.32. The summed E-state index contributed by atoms with van der Waals surface area (Å²) in [6.45, 7) is 6.82. The van der Waals surface area contributed by atoms with Gasteiger partial charge in [0.25, 0.3) is 0 Å². The minimum atomic E-state index is -1.47. The molecule has 2 atom stereocenters. The number of carboxylic acid groups (broad SMARTS) is 1. The molecule has 2 aromatic carbocycles. The van der Waals surface area contributed by atoms with Gasteiger partial charge in [-0.05, 0) is 49.7 Å². The number of carbonyl (C=O) groups is 2. The molecule has 1 N–H and O–H groups in total. The number of rotatable bonds is 5. The molecule has 1 fully saturated rings. The van der Waals surface area contributed by atoms with E-state index in [2.05, 4.69) is 15.9 Å². The zero-order valence-electron chi connectivity index (χ0n) is 20.9. The number of nitrogens with zero attached hydrogens (tertiary/aromatic N) is 2. The van der Waals surface area contributed by atoms with E-state index in [1.54, 1.807) is 27.9 Å². The van der Waals surface area contributed by atoms with Crippen molar-refractivity contribution in [3.8, 4) is 22.8 Å². The summed E-state index contributed by atoms with van der Waals surface area (Å²) in [4.78, 5) is 31.2. The van der Waals surface area contributed by atoms with E-state index in [-0.39, 0.29) is 13.0 Å². The third-order valence-corrected chi connectivity index (χ3v) is 6.71. The average molecular weight is 557 g/mol. The second-order valence-electron chi connectivity index (χ2n) is 9.99. The SMILES string of the molecule is COc1cc2nc(-c3ccccc3)cc(O[C@H]3CN(C(=O)OC(C)(C)C)[C@](C)(C(=O)O)C3)c2cc1Br. The number of methoxy groups -OCH3 is 1. The van der Waals surface area contributed by atoms with Crippen molar-refractivity contribution in [1.29, 1.82) is 0 Å². The Hall–Kier alpha value is -3.33. The highest BCUT2D eigenvalue weighted by Crippen LogP contribution is 2.39. The Balaban J connectivity index is 1.75. The Morgan fingerprint density at radius 1 is 1.14 bits per heavy atom. The van der Waals surface area contributed by atoms with Crippen molar-refractivity contribution in [2.24, 2.45) is 0 Å². The molecule has 1 aliphatic heterocycles. The molecule has 2 heterocycles.